The molecule has 3 nitrogen and oxygen atoms in total. The summed E-state index contributed by atoms with van der Waals surface area (Å²) in [6, 6.07) is 7.13. The Morgan fingerprint density at radius 1 is 1.53 bits per heavy atom. The van der Waals surface area contributed by atoms with Gasteiger partial charge >= 0.3 is 0 Å². The first kappa shape index (κ1) is 12.3. The van der Waals surface area contributed by atoms with Gasteiger partial charge in [-0.25, -0.2) is 8.42 Å². The number of anilines is 1. The van der Waals surface area contributed by atoms with E-state index >= 15 is 0 Å². The molecule has 15 heavy (non-hydrogen) atoms. The van der Waals surface area contributed by atoms with Crippen LogP contribution in [-0.2, 0) is 10.0 Å². The number of allylic oxidation sites excluding steroid dienone is 1. The van der Waals surface area contributed by atoms with Gasteiger partial charge in [0.1, 0.15) is 0 Å². The van der Waals surface area contributed by atoms with Crippen LogP contribution in [0.3, 0.4) is 0 Å². The van der Waals surface area contributed by atoms with Gasteiger partial charge in [0.2, 0.25) is 10.0 Å². The quantitative estimate of drug-likeness (QED) is 0.866. The number of benzene rings is 1. The van der Waals surface area contributed by atoms with Crippen LogP contribution in [-0.4, -0.2) is 20.0 Å². The molecule has 1 rings (SSSR count). The molecule has 1 aromatic rings. The SMILES string of the molecule is C=C(CBr)c1cccc(NS(C)(=O)=O)c1. The molecule has 0 amide bonds. The summed E-state index contributed by atoms with van der Waals surface area (Å²) in [6.45, 7) is 3.86. The minimum Gasteiger partial charge on any atom is -0.284 e. The van der Waals surface area contributed by atoms with Gasteiger partial charge in [-0.15, -0.1) is 0 Å². The lowest BCUT2D eigenvalue weighted by Gasteiger charge is -2.06. The number of rotatable bonds is 4. The largest absolute Gasteiger partial charge is 0.284 e. The lowest BCUT2D eigenvalue weighted by molar-refractivity contribution is 0.607. The summed E-state index contributed by atoms with van der Waals surface area (Å²) in [5.74, 6) is 0. The predicted octanol–water partition coefficient (Wildman–Crippen LogP) is 2.47. The molecule has 0 aliphatic rings. The van der Waals surface area contributed by atoms with Crippen LogP contribution in [0.1, 0.15) is 5.56 Å². The highest BCUT2D eigenvalue weighted by molar-refractivity contribution is 9.09. The highest BCUT2D eigenvalue weighted by atomic mass is 79.9. The van der Waals surface area contributed by atoms with Crippen LogP contribution in [0.2, 0.25) is 0 Å². The van der Waals surface area contributed by atoms with Gasteiger partial charge in [-0.1, -0.05) is 34.6 Å². The van der Waals surface area contributed by atoms with Crippen LogP contribution < -0.4 is 4.72 Å². The third kappa shape index (κ3) is 4.05. The van der Waals surface area contributed by atoms with Crippen LogP contribution >= 0.6 is 15.9 Å². The Hall–Kier alpha value is -0.810. The lowest BCUT2D eigenvalue weighted by atomic mass is 10.1. The number of hydrogen-bond donors (Lipinski definition) is 1. The van der Waals surface area contributed by atoms with Gasteiger partial charge in [-0.05, 0) is 23.3 Å². The average molecular weight is 290 g/mol. The summed E-state index contributed by atoms with van der Waals surface area (Å²) in [7, 11) is -3.22. The fraction of sp³-hybridized carbons (Fsp3) is 0.200. The van der Waals surface area contributed by atoms with Crippen LogP contribution in [0.4, 0.5) is 5.69 Å². The van der Waals surface area contributed by atoms with E-state index in [2.05, 4.69) is 27.2 Å². The third-order valence-corrected chi connectivity index (χ3v) is 3.02. The molecular weight excluding hydrogens is 278 g/mol. The molecule has 0 atom stereocenters. The monoisotopic (exact) mass is 289 g/mol. The summed E-state index contributed by atoms with van der Waals surface area (Å²) < 4.78 is 24.4. The summed E-state index contributed by atoms with van der Waals surface area (Å²) in [4.78, 5) is 0. The summed E-state index contributed by atoms with van der Waals surface area (Å²) in [5.41, 5.74) is 2.38. The Morgan fingerprint density at radius 3 is 2.73 bits per heavy atom. The first-order chi connectivity index (χ1) is 6.92. The molecule has 0 saturated heterocycles. The van der Waals surface area contributed by atoms with Crippen molar-refractivity contribution in [2.24, 2.45) is 0 Å². The first-order valence-electron chi connectivity index (χ1n) is 4.24. The minimum atomic E-state index is -3.22. The molecule has 0 aliphatic heterocycles. The smallest absolute Gasteiger partial charge is 0.229 e. The zero-order chi connectivity index (χ0) is 11.5. The van der Waals surface area contributed by atoms with Crippen LogP contribution in [0.15, 0.2) is 30.8 Å². The molecule has 0 aliphatic carbocycles. The van der Waals surface area contributed by atoms with Crippen molar-refractivity contribution in [2.45, 2.75) is 0 Å². The molecule has 0 bridgehead atoms. The van der Waals surface area contributed by atoms with E-state index in [0.717, 1.165) is 17.4 Å². The van der Waals surface area contributed by atoms with Crippen molar-refractivity contribution in [1.82, 2.24) is 0 Å². The maximum atomic E-state index is 11.0. The third-order valence-electron chi connectivity index (χ3n) is 1.74. The van der Waals surface area contributed by atoms with E-state index in [-0.39, 0.29) is 0 Å². The molecule has 0 heterocycles. The van der Waals surface area contributed by atoms with Crippen molar-refractivity contribution in [3.8, 4) is 0 Å². The second-order valence-electron chi connectivity index (χ2n) is 3.19. The Balaban J connectivity index is 2.98. The predicted molar refractivity (Wildman–Crippen MR) is 67.7 cm³/mol. The maximum absolute atomic E-state index is 11.0. The lowest BCUT2D eigenvalue weighted by Crippen LogP contribution is -2.09. The number of hydrogen-bond acceptors (Lipinski definition) is 2. The number of alkyl halides is 1. The van der Waals surface area contributed by atoms with Crippen LogP contribution in [0.25, 0.3) is 5.57 Å². The van der Waals surface area contributed by atoms with Gasteiger partial charge in [-0.2, -0.15) is 0 Å². The molecule has 0 fully saturated rings. The molecule has 82 valence electrons. The number of sulfonamides is 1. The minimum absolute atomic E-state index is 0.553. The van der Waals surface area contributed by atoms with Crippen molar-refractivity contribution in [2.75, 3.05) is 16.3 Å². The zero-order valence-electron chi connectivity index (χ0n) is 8.33. The number of halogens is 1. The van der Waals surface area contributed by atoms with Gasteiger partial charge in [-0.3, -0.25) is 4.72 Å². The molecule has 0 unspecified atom stereocenters. The topological polar surface area (TPSA) is 46.2 Å². The molecular formula is C10H12BrNO2S. The maximum Gasteiger partial charge on any atom is 0.229 e. The Kier molecular flexibility index (Phi) is 3.93. The van der Waals surface area contributed by atoms with E-state index in [1.807, 2.05) is 6.07 Å². The second-order valence-corrected chi connectivity index (χ2v) is 5.50. The number of nitrogens with one attached hydrogen (secondary N) is 1. The average Bonchev–Trinajstić information content (AvgIpc) is 2.14. The summed E-state index contributed by atoms with van der Waals surface area (Å²) in [5, 5.41) is 0.662. The molecule has 0 radical (unpaired) electrons. The van der Waals surface area contributed by atoms with Gasteiger partial charge in [0.15, 0.2) is 0 Å². The summed E-state index contributed by atoms with van der Waals surface area (Å²) >= 11 is 3.30. The summed E-state index contributed by atoms with van der Waals surface area (Å²) in [6.07, 6.45) is 1.12. The molecule has 1 N–H and O–H groups in total. The molecule has 0 spiro atoms. The Labute approximate surface area is 98.4 Å². The molecule has 5 heteroatoms. The normalized spacial score (nSPS) is 11.1. The van der Waals surface area contributed by atoms with Gasteiger partial charge in [0.05, 0.1) is 6.26 Å². The van der Waals surface area contributed by atoms with E-state index in [1.54, 1.807) is 18.2 Å². The molecule has 1 aromatic carbocycles. The van der Waals surface area contributed by atoms with Crippen molar-refractivity contribution >= 4 is 37.2 Å². The Morgan fingerprint density at radius 2 is 2.20 bits per heavy atom. The molecule has 0 aromatic heterocycles. The van der Waals surface area contributed by atoms with Crippen molar-refractivity contribution in [1.29, 1.82) is 0 Å². The van der Waals surface area contributed by atoms with Crippen molar-refractivity contribution < 1.29 is 8.42 Å². The zero-order valence-corrected chi connectivity index (χ0v) is 10.7. The van der Waals surface area contributed by atoms with Crippen molar-refractivity contribution in [3.05, 3.63) is 36.4 Å². The fourth-order valence-electron chi connectivity index (χ4n) is 1.09. The van der Waals surface area contributed by atoms with E-state index < -0.39 is 10.0 Å². The fourth-order valence-corrected chi connectivity index (χ4v) is 1.97. The van der Waals surface area contributed by atoms with Gasteiger partial charge < -0.3 is 0 Å². The standard InChI is InChI=1S/C10H12BrNO2S/c1-8(7-11)9-4-3-5-10(6-9)12-15(2,13)14/h3-6,12H,1,7H2,2H3. The van der Waals surface area contributed by atoms with Crippen molar-refractivity contribution in [3.63, 3.8) is 0 Å². The van der Waals surface area contributed by atoms with E-state index in [4.69, 9.17) is 0 Å². The second kappa shape index (κ2) is 4.81. The van der Waals surface area contributed by atoms with E-state index in [0.29, 0.717) is 11.0 Å². The van der Waals surface area contributed by atoms with Gasteiger partial charge in [0.25, 0.3) is 0 Å². The first-order valence-corrected chi connectivity index (χ1v) is 7.25. The molecule has 0 saturated carbocycles. The highest BCUT2D eigenvalue weighted by Gasteiger charge is 2.03. The van der Waals surface area contributed by atoms with Crippen LogP contribution in [0, 0.1) is 0 Å². The van der Waals surface area contributed by atoms with Gasteiger partial charge in [0, 0.05) is 11.0 Å². The van der Waals surface area contributed by atoms with E-state index in [1.165, 1.54) is 0 Å². The highest BCUT2D eigenvalue weighted by Crippen LogP contribution is 2.19. The van der Waals surface area contributed by atoms with Crippen LogP contribution in [0.5, 0.6) is 0 Å². The van der Waals surface area contributed by atoms with E-state index in [9.17, 15) is 8.42 Å². The Bertz CT molecular complexity index is 468.